The first kappa shape index (κ1) is 27.3. The summed E-state index contributed by atoms with van der Waals surface area (Å²) in [7, 11) is 0. The van der Waals surface area contributed by atoms with Gasteiger partial charge in [-0.05, 0) is 64.1 Å². The number of hydrogen-bond acceptors (Lipinski definition) is 8. The summed E-state index contributed by atoms with van der Waals surface area (Å²) >= 11 is 0.973. The average molecular weight is 562 g/mol. The van der Waals surface area contributed by atoms with Crippen LogP contribution < -0.4 is 14.9 Å². The minimum Gasteiger partial charge on any atom is -0.489 e. The van der Waals surface area contributed by atoms with Crippen molar-refractivity contribution in [1.29, 1.82) is 0 Å². The first-order valence-electron chi connectivity index (χ1n) is 13.0. The highest BCUT2D eigenvalue weighted by Gasteiger charge is 2.40. The highest BCUT2D eigenvalue weighted by atomic mass is 32.1. The molecule has 5 rings (SSSR count). The van der Waals surface area contributed by atoms with Gasteiger partial charge in [0.25, 0.3) is 5.91 Å². The van der Waals surface area contributed by atoms with Crippen molar-refractivity contribution in [3.05, 3.63) is 86.1 Å². The third kappa shape index (κ3) is 6.31. The molecule has 2 N–H and O–H groups in total. The van der Waals surface area contributed by atoms with Crippen molar-refractivity contribution in [2.75, 3.05) is 13.1 Å². The molecule has 0 spiro atoms. The van der Waals surface area contributed by atoms with Crippen LogP contribution in [0.1, 0.15) is 53.3 Å². The van der Waals surface area contributed by atoms with Crippen LogP contribution in [0, 0.1) is 6.92 Å². The van der Waals surface area contributed by atoms with Crippen LogP contribution in [-0.4, -0.2) is 56.8 Å². The number of amides is 2. The van der Waals surface area contributed by atoms with E-state index in [-0.39, 0.29) is 29.8 Å². The van der Waals surface area contributed by atoms with Crippen LogP contribution in [0.25, 0.3) is 10.9 Å². The van der Waals surface area contributed by atoms with Gasteiger partial charge in [0, 0.05) is 35.3 Å². The van der Waals surface area contributed by atoms with Crippen molar-refractivity contribution >= 4 is 34.2 Å². The van der Waals surface area contributed by atoms with Crippen LogP contribution in [0.2, 0.25) is 0 Å². The Balaban J connectivity index is 1.26. The molecule has 1 fully saturated rings. The Labute approximate surface area is 235 Å². The number of carbonyl (C=O) groups excluding carboxylic acids is 2. The third-order valence-electron chi connectivity index (χ3n) is 6.50. The van der Waals surface area contributed by atoms with Gasteiger partial charge in [-0.3, -0.25) is 14.6 Å². The number of para-hydroxylation sites is 1. The Morgan fingerprint density at radius 2 is 1.88 bits per heavy atom. The molecule has 1 aliphatic rings. The smallest absolute Gasteiger partial charge is 0.410 e. The predicted octanol–water partition coefficient (Wildman–Crippen LogP) is 4.40. The van der Waals surface area contributed by atoms with E-state index in [1.807, 2.05) is 37.3 Å². The van der Waals surface area contributed by atoms with Crippen LogP contribution in [0.5, 0.6) is 5.75 Å². The summed E-state index contributed by atoms with van der Waals surface area (Å²) in [5.41, 5.74) is 2.67. The third-order valence-corrected chi connectivity index (χ3v) is 7.38. The number of aryl methyl sites for hydroxylation is 1. The molecule has 2 unspecified atom stereocenters. The van der Waals surface area contributed by atoms with Crippen LogP contribution in [-0.2, 0) is 11.3 Å². The number of benzene rings is 2. The standard InChI is InChI=1S/C29H31N5O5S/c1-17-13-19(21-7-5-6-8-23(21)30-17)16-38-20-11-9-18(10-12-20)25(35)31-24-15-34(28(37)39-29(2,3)4)14-22(24)26-32-33-27(36)40-26/h5-13,22,24H,14-16H2,1-4H3,(H,31,35)(H,33,36). The number of aromatic amines is 1. The van der Waals surface area contributed by atoms with Gasteiger partial charge >= 0.3 is 11.0 Å². The minimum absolute atomic E-state index is 0.236. The SMILES string of the molecule is Cc1cc(COc2ccc(C(=O)NC3CN(C(=O)OC(C)(C)C)CC3c3n[nH]c(=O)s3)cc2)c2ccccc2n1. The second-order valence-electron chi connectivity index (χ2n) is 10.8. The van der Waals surface area contributed by atoms with E-state index in [9.17, 15) is 14.4 Å². The number of H-pyrrole nitrogens is 1. The van der Waals surface area contributed by atoms with E-state index in [1.165, 1.54) is 4.90 Å². The van der Waals surface area contributed by atoms with E-state index in [4.69, 9.17) is 9.47 Å². The fourth-order valence-corrected chi connectivity index (χ4v) is 5.47. The Hall–Kier alpha value is -4.25. The van der Waals surface area contributed by atoms with Crippen molar-refractivity contribution in [1.82, 2.24) is 25.4 Å². The molecule has 4 aromatic rings. The predicted molar refractivity (Wildman–Crippen MR) is 152 cm³/mol. The van der Waals surface area contributed by atoms with E-state index in [0.29, 0.717) is 22.9 Å². The Kier molecular flexibility index (Phi) is 7.57. The highest BCUT2D eigenvalue weighted by molar-refractivity contribution is 7.08. The number of aromatic nitrogens is 3. The minimum atomic E-state index is -0.655. The number of carbonyl (C=O) groups is 2. The van der Waals surface area contributed by atoms with Crippen molar-refractivity contribution in [2.24, 2.45) is 0 Å². The maximum Gasteiger partial charge on any atom is 0.410 e. The number of hydrogen-bond donors (Lipinski definition) is 2. The topological polar surface area (TPSA) is 127 Å². The van der Waals surface area contributed by atoms with Crippen molar-refractivity contribution in [3.8, 4) is 5.75 Å². The summed E-state index contributed by atoms with van der Waals surface area (Å²) < 4.78 is 11.5. The summed E-state index contributed by atoms with van der Waals surface area (Å²) in [5.74, 6) is -0.0147. The van der Waals surface area contributed by atoms with E-state index in [2.05, 4.69) is 20.5 Å². The van der Waals surface area contributed by atoms with Gasteiger partial charge in [-0.25, -0.2) is 9.89 Å². The van der Waals surface area contributed by atoms with Gasteiger partial charge < -0.3 is 19.7 Å². The number of likely N-dealkylation sites (tertiary alicyclic amines) is 1. The number of ether oxygens (including phenoxy) is 2. The monoisotopic (exact) mass is 561 g/mol. The molecule has 2 aromatic carbocycles. The lowest BCUT2D eigenvalue weighted by atomic mass is 10.0. The second-order valence-corrected chi connectivity index (χ2v) is 11.8. The van der Waals surface area contributed by atoms with Crippen LogP contribution in [0.3, 0.4) is 0 Å². The van der Waals surface area contributed by atoms with E-state index in [1.54, 1.807) is 45.0 Å². The summed E-state index contributed by atoms with van der Waals surface area (Å²) in [5, 5.41) is 11.1. The number of rotatable bonds is 6. The average Bonchev–Trinajstić information content (AvgIpc) is 3.52. The van der Waals surface area contributed by atoms with Crippen molar-refractivity contribution < 1.29 is 19.1 Å². The fraction of sp³-hybridized carbons (Fsp3) is 0.345. The molecular formula is C29H31N5O5S. The molecule has 0 radical (unpaired) electrons. The first-order chi connectivity index (χ1) is 19.1. The molecule has 2 aromatic heterocycles. The van der Waals surface area contributed by atoms with Gasteiger partial charge in [-0.15, -0.1) is 0 Å². The van der Waals surface area contributed by atoms with Crippen molar-refractivity contribution in [3.63, 3.8) is 0 Å². The van der Waals surface area contributed by atoms with Gasteiger partial charge in [0.2, 0.25) is 0 Å². The molecule has 1 aliphatic heterocycles. The molecule has 11 heteroatoms. The van der Waals surface area contributed by atoms with E-state index >= 15 is 0 Å². The highest BCUT2D eigenvalue weighted by Crippen LogP contribution is 2.29. The van der Waals surface area contributed by atoms with Crippen molar-refractivity contribution in [2.45, 2.75) is 51.9 Å². The van der Waals surface area contributed by atoms with Crippen LogP contribution in [0.15, 0.2) is 59.4 Å². The second kappa shape index (κ2) is 11.1. The quantitative estimate of drug-likeness (QED) is 0.357. The molecule has 0 saturated carbocycles. The molecule has 10 nitrogen and oxygen atoms in total. The zero-order valence-corrected chi connectivity index (χ0v) is 23.6. The molecular weight excluding hydrogens is 530 g/mol. The van der Waals surface area contributed by atoms with Gasteiger partial charge in [0.15, 0.2) is 0 Å². The lowest BCUT2D eigenvalue weighted by Gasteiger charge is -2.24. The fourth-order valence-electron chi connectivity index (χ4n) is 4.71. The molecule has 2 atom stereocenters. The first-order valence-corrected chi connectivity index (χ1v) is 13.8. The number of fused-ring (bicyclic) bond motifs is 1. The molecule has 208 valence electrons. The van der Waals surface area contributed by atoms with E-state index < -0.39 is 17.7 Å². The van der Waals surface area contributed by atoms with Gasteiger partial charge in [-0.1, -0.05) is 29.5 Å². The van der Waals surface area contributed by atoms with Crippen LogP contribution in [0.4, 0.5) is 4.79 Å². The lowest BCUT2D eigenvalue weighted by Crippen LogP contribution is -2.41. The van der Waals surface area contributed by atoms with E-state index in [0.717, 1.165) is 33.5 Å². The summed E-state index contributed by atoms with van der Waals surface area (Å²) in [6, 6.07) is 16.4. The van der Waals surface area contributed by atoms with Gasteiger partial charge in [0.1, 0.15) is 23.0 Å². The molecule has 3 heterocycles. The largest absolute Gasteiger partial charge is 0.489 e. The number of nitrogens with one attached hydrogen (secondary N) is 2. The Morgan fingerprint density at radius 1 is 1.12 bits per heavy atom. The van der Waals surface area contributed by atoms with Gasteiger partial charge in [0.05, 0.1) is 17.5 Å². The molecule has 2 amide bonds. The van der Waals surface area contributed by atoms with Gasteiger partial charge in [-0.2, -0.15) is 5.10 Å². The zero-order valence-electron chi connectivity index (χ0n) is 22.8. The maximum atomic E-state index is 13.2. The Bertz CT molecular complexity index is 1590. The summed E-state index contributed by atoms with van der Waals surface area (Å²) in [6.45, 7) is 8.22. The Morgan fingerprint density at radius 3 is 2.58 bits per heavy atom. The maximum absolute atomic E-state index is 13.2. The summed E-state index contributed by atoms with van der Waals surface area (Å²) in [6.07, 6.45) is -0.476. The summed E-state index contributed by atoms with van der Waals surface area (Å²) in [4.78, 5) is 43.5. The molecule has 0 aliphatic carbocycles. The molecule has 1 saturated heterocycles. The normalized spacial score (nSPS) is 17.1. The molecule has 40 heavy (non-hydrogen) atoms. The van der Waals surface area contributed by atoms with Crippen LogP contribution >= 0.6 is 11.3 Å². The number of nitrogens with zero attached hydrogens (tertiary/aromatic N) is 3. The molecule has 0 bridgehead atoms. The number of pyridine rings is 1. The lowest BCUT2D eigenvalue weighted by molar-refractivity contribution is 0.0288. The zero-order chi connectivity index (χ0) is 28.4.